The fourth-order valence-electron chi connectivity index (χ4n) is 2.52. The molecule has 2 rings (SSSR count). The van der Waals surface area contributed by atoms with Gasteiger partial charge in [-0.05, 0) is 45.0 Å². The molecular formula is C13H22N4O2S. The number of rotatable bonds is 5. The van der Waals surface area contributed by atoms with Gasteiger partial charge in [0.2, 0.25) is 0 Å². The maximum Gasteiger partial charge on any atom is 0.260 e. The number of hydrogen-bond donors (Lipinski definition) is 2. The number of hydrogen-bond acceptors (Lipinski definition) is 5. The summed E-state index contributed by atoms with van der Waals surface area (Å²) in [4.78, 5) is 6.15. The smallest absolute Gasteiger partial charge is 0.260 e. The summed E-state index contributed by atoms with van der Waals surface area (Å²) in [5.41, 5.74) is 5.85. The molecule has 0 amide bonds. The molecule has 1 aromatic rings. The van der Waals surface area contributed by atoms with Crippen LogP contribution in [0.2, 0.25) is 0 Å². The van der Waals surface area contributed by atoms with Crippen LogP contribution in [-0.4, -0.2) is 44.0 Å². The number of nitrogens with one attached hydrogen (secondary N) is 1. The van der Waals surface area contributed by atoms with Crippen molar-refractivity contribution in [2.24, 2.45) is 0 Å². The molecular weight excluding hydrogens is 276 g/mol. The number of aromatic nitrogens is 1. The maximum absolute atomic E-state index is 12.2. The van der Waals surface area contributed by atoms with Crippen molar-refractivity contribution in [3.05, 3.63) is 18.3 Å². The molecule has 0 spiro atoms. The van der Waals surface area contributed by atoms with E-state index in [1.807, 2.05) is 6.92 Å². The van der Waals surface area contributed by atoms with E-state index in [1.54, 1.807) is 6.07 Å². The lowest BCUT2D eigenvalue weighted by molar-refractivity contribution is 0.215. The van der Waals surface area contributed by atoms with E-state index >= 15 is 0 Å². The van der Waals surface area contributed by atoms with E-state index in [2.05, 4.69) is 14.6 Å². The van der Waals surface area contributed by atoms with Crippen LogP contribution in [0.3, 0.4) is 0 Å². The van der Waals surface area contributed by atoms with Crippen molar-refractivity contribution in [3.63, 3.8) is 0 Å². The summed E-state index contributed by atoms with van der Waals surface area (Å²) in [7, 11) is -3.65. The number of sulfonamides is 1. The first-order valence-corrected chi connectivity index (χ1v) is 8.42. The van der Waals surface area contributed by atoms with Gasteiger partial charge in [0.05, 0.1) is 5.69 Å². The first kappa shape index (κ1) is 15.2. The Kier molecular flexibility index (Phi) is 4.95. The normalized spacial score (nSPS) is 18.9. The van der Waals surface area contributed by atoms with Gasteiger partial charge in [0, 0.05) is 18.8 Å². The van der Waals surface area contributed by atoms with E-state index in [0.717, 1.165) is 13.1 Å². The lowest BCUT2D eigenvalue weighted by Crippen LogP contribution is -2.43. The van der Waals surface area contributed by atoms with E-state index in [0.29, 0.717) is 6.54 Å². The fourth-order valence-corrected chi connectivity index (χ4v) is 3.81. The molecule has 3 N–H and O–H groups in total. The second-order valence-corrected chi connectivity index (χ2v) is 6.91. The fraction of sp³-hybridized carbons (Fsp3) is 0.615. The SMILES string of the molecule is CC(CN1CCCCC1)NS(=O)(=O)c1ncccc1N. The highest BCUT2D eigenvalue weighted by Gasteiger charge is 2.22. The molecule has 20 heavy (non-hydrogen) atoms. The van der Waals surface area contributed by atoms with Crippen molar-refractivity contribution < 1.29 is 8.42 Å². The van der Waals surface area contributed by atoms with Crippen molar-refractivity contribution in [3.8, 4) is 0 Å². The van der Waals surface area contributed by atoms with Gasteiger partial charge in [-0.3, -0.25) is 0 Å². The predicted molar refractivity (Wildman–Crippen MR) is 78.7 cm³/mol. The third-order valence-electron chi connectivity index (χ3n) is 3.39. The monoisotopic (exact) mass is 298 g/mol. The van der Waals surface area contributed by atoms with Crippen LogP contribution < -0.4 is 10.5 Å². The van der Waals surface area contributed by atoms with Crippen LogP contribution in [0, 0.1) is 0 Å². The van der Waals surface area contributed by atoms with E-state index in [1.165, 1.54) is 31.5 Å². The first-order chi connectivity index (χ1) is 9.49. The van der Waals surface area contributed by atoms with Crippen LogP contribution >= 0.6 is 0 Å². The molecule has 0 saturated carbocycles. The van der Waals surface area contributed by atoms with Crippen LogP contribution in [0.25, 0.3) is 0 Å². The maximum atomic E-state index is 12.2. The van der Waals surface area contributed by atoms with Gasteiger partial charge in [-0.2, -0.15) is 0 Å². The summed E-state index contributed by atoms with van der Waals surface area (Å²) < 4.78 is 27.1. The molecule has 0 aromatic carbocycles. The number of likely N-dealkylation sites (tertiary alicyclic amines) is 1. The van der Waals surface area contributed by atoms with Crippen molar-refractivity contribution >= 4 is 15.7 Å². The van der Waals surface area contributed by atoms with Gasteiger partial charge in [0.15, 0.2) is 5.03 Å². The molecule has 6 nitrogen and oxygen atoms in total. The Hall–Kier alpha value is -1.18. The summed E-state index contributed by atoms with van der Waals surface area (Å²) in [6, 6.07) is 2.99. The second kappa shape index (κ2) is 6.51. The van der Waals surface area contributed by atoms with Crippen LogP contribution in [0.4, 0.5) is 5.69 Å². The van der Waals surface area contributed by atoms with Crippen molar-refractivity contribution in [2.75, 3.05) is 25.4 Å². The summed E-state index contributed by atoms with van der Waals surface area (Å²) >= 11 is 0. The van der Waals surface area contributed by atoms with Gasteiger partial charge >= 0.3 is 0 Å². The number of anilines is 1. The minimum atomic E-state index is -3.65. The van der Waals surface area contributed by atoms with Crippen LogP contribution in [-0.2, 0) is 10.0 Å². The molecule has 0 radical (unpaired) electrons. The molecule has 1 fully saturated rings. The number of nitrogens with zero attached hydrogens (tertiary/aromatic N) is 2. The minimum Gasteiger partial charge on any atom is -0.396 e. The lowest BCUT2D eigenvalue weighted by Gasteiger charge is -2.29. The van der Waals surface area contributed by atoms with E-state index in [-0.39, 0.29) is 16.8 Å². The highest BCUT2D eigenvalue weighted by atomic mass is 32.2. The summed E-state index contributed by atoms with van der Waals surface area (Å²) in [6.45, 7) is 4.66. The van der Waals surface area contributed by atoms with Gasteiger partial charge in [0.25, 0.3) is 10.0 Å². The summed E-state index contributed by atoms with van der Waals surface area (Å²) in [6.07, 6.45) is 5.07. The number of pyridine rings is 1. The highest BCUT2D eigenvalue weighted by molar-refractivity contribution is 7.89. The quantitative estimate of drug-likeness (QED) is 0.840. The average molecular weight is 298 g/mol. The minimum absolute atomic E-state index is 0.0921. The molecule has 1 saturated heterocycles. The number of piperidine rings is 1. The molecule has 1 atom stereocenters. The zero-order valence-electron chi connectivity index (χ0n) is 11.7. The number of nitrogens with two attached hydrogens (primary N) is 1. The Morgan fingerprint density at radius 2 is 2.10 bits per heavy atom. The van der Waals surface area contributed by atoms with E-state index in [9.17, 15) is 8.42 Å². The van der Waals surface area contributed by atoms with Gasteiger partial charge in [0.1, 0.15) is 0 Å². The van der Waals surface area contributed by atoms with Gasteiger partial charge in [-0.25, -0.2) is 18.1 Å². The lowest BCUT2D eigenvalue weighted by atomic mass is 10.1. The summed E-state index contributed by atoms with van der Waals surface area (Å²) in [5.74, 6) is 0. The van der Waals surface area contributed by atoms with Gasteiger partial charge < -0.3 is 10.6 Å². The Morgan fingerprint density at radius 1 is 1.40 bits per heavy atom. The average Bonchev–Trinajstić information content (AvgIpc) is 2.39. The molecule has 1 aromatic heterocycles. The summed E-state index contributed by atoms with van der Waals surface area (Å²) in [5, 5.41) is -0.0921. The third-order valence-corrected chi connectivity index (χ3v) is 4.96. The Morgan fingerprint density at radius 3 is 2.75 bits per heavy atom. The van der Waals surface area contributed by atoms with Gasteiger partial charge in [-0.15, -0.1) is 0 Å². The molecule has 112 valence electrons. The Balaban J connectivity index is 1.99. The van der Waals surface area contributed by atoms with Crippen LogP contribution in [0.1, 0.15) is 26.2 Å². The molecule has 0 aliphatic carbocycles. The molecule has 1 unspecified atom stereocenters. The molecule has 1 aliphatic rings. The second-order valence-electron chi connectivity index (χ2n) is 5.28. The van der Waals surface area contributed by atoms with Crippen LogP contribution in [0.15, 0.2) is 23.4 Å². The predicted octanol–water partition coefficient (Wildman–Crippen LogP) is 0.817. The van der Waals surface area contributed by atoms with Crippen molar-refractivity contribution in [1.29, 1.82) is 0 Å². The van der Waals surface area contributed by atoms with E-state index < -0.39 is 10.0 Å². The largest absolute Gasteiger partial charge is 0.396 e. The van der Waals surface area contributed by atoms with Crippen LogP contribution in [0.5, 0.6) is 0 Å². The van der Waals surface area contributed by atoms with Crippen molar-refractivity contribution in [1.82, 2.24) is 14.6 Å². The van der Waals surface area contributed by atoms with Crippen molar-refractivity contribution in [2.45, 2.75) is 37.3 Å². The standard InChI is InChI=1S/C13H22N4O2S/c1-11(10-17-8-3-2-4-9-17)16-20(18,19)13-12(14)6-5-7-15-13/h5-7,11,16H,2-4,8-10,14H2,1H3. The molecule has 1 aliphatic heterocycles. The molecule has 7 heteroatoms. The van der Waals surface area contributed by atoms with E-state index in [4.69, 9.17) is 5.73 Å². The molecule has 2 heterocycles. The topological polar surface area (TPSA) is 88.3 Å². The zero-order valence-corrected chi connectivity index (χ0v) is 12.6. The highest BCUT2D eigenvalue weighted by Crippen LogP contribution is 2.15. The Labute approximate surface area is 120 Å². The zero-order chi connectivity index (χ0) is 14.6. The number of nitrogen functional groups attached to an aromatic ring is 1. The molecule has 0 bridgehead atoms. The Bertz CT molecular complexity index is 541. The third kappa shape index (κ3) is 3.91. The van der Waals surface area contributed by atoms with Gasteiger partial charge in [-0.1, -0.05) is 6.42 Å². The first-order valence-electron chi connectivity index (χ1n) is 6.94.